The Labute approximate surface area is 149 Å². The summed E-state index contributed by atoms with van der Waals surface area (Å²) in [5.74, 6) is 1.02. The average molecular weight is 334 g/mol. The van der Waals surface area contributed by atoms with Gasteiger partial charge in [-0.2, -0.15) is 0 Å². The first-order valence-corrected chi connectivity index (χ1v) is 9.31. The summed E-state index contributed by atoms with van der Waals surface area (Å²) in [7, 11) is 0. The lowest BCUT2D eigenvalue weighted by Crippen LogP contribution is -2.54. The number of Topliss-reactive ketones (excluding diaryl/α,β-unsaturated/α-hetero) is 1. The van der Waals surface area contributed by atoms with Gasteiger partial charge in [0.25, 0.3) is 0 Å². The van der Waals surface area contributed by atoms with Crippen molar-refractivity contribution < 1.29 is 4.79 Å². The Morgan fingerprint density at radius 2 is 1.84 bits per heavy atom. The second kappa shape index (κ2) is 6.21. The summed E-state index contributed by atoms with van der Waals surface area (Å²) in [4.78, 5) is 15.1. The Morgan fingerprint density at radius 3 is 2.48 bits per heavy atom. The van der Waals surface area contributed by atoms with Crippen molar-refractivity contribution in [1.82, 2.24) is 0 Å². The van der Waals surface area contributed by atoms with Crippen LogP contribution >= 0.6 is 0 Å². The molecular formula is C22H26N2O. The van der Waals surface area contributed by atoms with Crippen molar-refractivity contribution in [2.45, 2.75) is 51.1 Å². The molecule has 0 aromatic heterocycles. The lowest BCUT2D eigenvalue weighted by atomic mass is 9.71. The first kappa shape index (κ1) is 16.2. The molecule has 2 N–H and O–H groups in total. The van der Waals surface area contributed by atoms with Crippen LogP contribution in [0.3, 0.4) is 0 Å². The molecule has 0 radical (unpaired) electrons. The smallest absolute Gasteiger partial charge is 0.140 e. The van der Waals surface area contributed by atoms with Gasteiger partial charge in [0.15, 0.2) is 0 Å². The highest BCUT2D eigenvalue weighted by Gasteiger charge is 2.47. The minimum atomic E-state index is 0.0802. The number of hydrogen-bond acceptors (Lipinski definition) is 3. The number of anilines is 2. The summed E-state index contributed by atoms with van der Waals surface area (Å²) < 4.78 is 0. The van der Waals surface area contributed by atoms with Crippen molar-refractivity contribution in [2.75, 3.05) is 10.6 Å². The van der Waals surface area contributed by atoms with Crippen LogP contribution < -0.4 is 10.6 Å². The van der Waals surface area contributed by atoms with Crippen molar-refractivity contribution in [3.63, 3.8) is 0 Å². The summed E-state index contributed by atoms with van der Waals surface area (Å²) in [6.07, 6.45) is 2.76. The number of nitrogens with zero attached hydrogens (tertiary/aromatic N) is 1. The van der Waals surface area contributed by atoms with E-state index in [1.807, 2.05) is 18.2 Å². The van der Waals surface area contributed by atoms with E-state index >= 15 is 0 Å². The van der Waals surface area contributed by atoms with Gasteiger partial charge in [-0.05, 0) is 54.2 Å². The Balaban J connectivity index is 1.76. The minimum Gasteiger partial charge on any atom is -0.399 e. The zero-order valence-corrected chi connectivity index (χ0v) is 15.0. The third-order valence-corrected chi connectivity index (χ3v) is 5.85. The number of carbonyl (C=O) groups excluding carboxylic acids is 1. The molecule has 3 aliphatic rings. The maximum absolute atomic E-state index is 12.6. The van der Waals surface area contributed by atoms with Gasteiger partial charge in [0.2, 0.25) is 0 Å². The summed E-state index contributed by atoms with van der Waals surface area (Å²) in [6.45, 7) is 4.43. The van der Waals surface area contributed by atoms with E-state index in [9.17, 15) is 4.79 Å². The molecule has 3 fully saturated rings. The number of carbonyl (C=O) groups is 1. The number of hydrogen-bond donors (Lipinski definition) is 1. The van der Waals surface area contributed by atoms with Crippen molar-refractivity contribution in [1.29, 1.82) is 0 Å². The highest BCUT2D eigenvalue weighted by atomic mass is 16.1. The number of piperidine rings is 2. The molecule has 5 rings (SSSR count). The van der Waals surface area contributed by atoms with E-state index in [0.717, 1.165) is 24.1 Å². The number of fused-ring (bicyclic) bond motifs is 3. The fraction of sp³-hybridized carbons (Fsp3) is 0.409. The van der Waals surface area contributed by atoms with Gasteiger partial charge < -0.3 is 10.6 Å². The predicted octanol–water partition coefficient (Wildman–Crippen LogP) is 4.69. The van der Waals surface area contributed by atoms with E-state index in [4.69, 9.17) is 5.73 Å². The van der Waals surface area contributed by atoms with Gasteiger partial charge in [-0.1, -0.05) is 38.1 Å². The Hall–Kier alpha value is -2.29. The zero-order chi connectivity index (χ0) is 17.6. The number of ketones is 1. The van der Waals surface area contributed by atoms with Gasteiger partial charge in [-0.25, -0.2) is 0 Å². The summed E-state index contributed by atoms with van der Waals surface area (Å²) in [5, 5.41) is 0. The van der Waals surface area contributed by atoms with E-state index in [1.54, 1.807) is 0 Å². The zero-order valence-electron chi connectivity index (χ0n) is 15.0. The largest absolute Gasteiger partial charge is 0.399 e. The van der Waals surface area contributed by atoms with E-state index in [1.165, 1.54) is 11.3 Å². The van der Waals surface area contributed by atoms with Gasteiger partial charge >= 0.3 is 0 Å². The summed E-state index contributed by atoms with van der Waals surface area (Å²) >= 11 is 0. The molecular weight excluding hydrogens is 308 g/mol. The lowest BCUT2D eigenvalue weighted by molar-refractivity contribution is -0.128. The maximum Gasteiger partial charge on any atom is 0.140 e. The van der Waals surface area contributed by atoms with Crippen LogP contribution in [0.4, 0.5) is 11.4 Å². The van der Waals surface area contributed by atoms with Gasteiger partial charge in [0, 0.05) is 29.8 Å². The molecule has 0 spiro atoms. The van der Waals surface area contributed by atoms with E-state index in [0.29, 0.717) is 24.2 Å². The van der Waals surface area contributed by atoms with Crippen molar-refractivity contribution in [3.8, 4) is 0 Å². The van der Waals surface area contributed by atoms with Gasteiger partial charge in [0.05, 0.1) is 6.04 Å². The lowest BCUT2D eigenvalue weighted by Gasteiger charge is -2.52. The fourth-order valence-corrected chi connectivity index (χ4v) is 4.55. The SMILES string of the molecule is CC(C)c1ccc(N2C3CCC(C(=O)C3)C2c2cccc(N)c2)cc1. The van der Waals surface area contributed by atoms with E-state index < -0.39 is 0 Å². The van der Waals surface area contributed by atoms with E-state index in [2.05, 4.69) is 49.1 Å². The predicted molar refractivity (Wildman–Crippen MR) is 103 cm³/mol. The van der Waals surface area contributed by atoms with Crippen molar-refractivity contribution in [2.24, 2.45) is 5.92 Å². The molecule has 2 saturated heterocycles. The molecule has 2 aromatic rings. The monoisotopic (exact) mass is 334 g/mol. The molecule has 2 aliphatic heterocycles. The first-order chi connectivity index (χ1) is 12.0. The molecule has 130 valence electrons. The second-order valence-electron chi connectivity index (χ2n) is 7.78. The van der Waals surface area contributed by atoms with Crippen LogP contribution in [-0.2, 0) is 4.79 Å². The van der Waals surface area contributed by atoms with Crippen LogP contribution in [0.1, 0.15) is 56.2 Å². The topological polar surface area (TPSA) is 46.3 Å². The molecule has 3 nitrogen and oxygen atoms in total. The van der Waals surface area contributed by atoms with Gasteiger partial charge in [-0.3, -0.25) is 4.79 Å². The number of nitrogen functional groups attached to an aromatic ring is 1. The third-order valence-electron chi connectivity index (χ3n) is 5.85. The van der Waals surface area contributed by atoms with Crippen molar-refractivity contribution in [3.05, 3.63) is 59.7 Å². The molecule has 2 bridgehead atoms. The molecule has 2 aromatic carbocycles. The molecule has 25 heavy (non-hydrogen) atoms. The Morgan fingerprint density at radius 1 is 1.08 bits per heavy atom. The molecule has 3 heteroatoms. The molecule has 1 saturated carbocycles. The molecule has 0 amide bonds. The Bertz CT molecular complexity index is 781. The molecule has 3 unspecified atom stereocenters. The molecule has 1 aliphatic carbocycles. The van der Waals surface area contributed by atoms with Crippen LogP contribution in [0.2, 0.25) is 0 Å². The number of rotatable bonds is 3. The van der Waals surface area contributed by atoms with Crippen LogP contribution in [0.5, 0.6) is 0 Å². The van der Waals surface area contributed by atoms with Crippen LogP contribution in [0, 0.1) is 5.92 Å². The second-order valence-corrected chi connectivity index (χ2v) is 7.78. The highest BCUT2D eigenvalue weighted by Crippen LogP contribution is 2.48. The summed E-state index contributed by atoms with van der Waals surface area (Å²) in [6, 6.07) is 17.4. The standard InChI is InChI=1S/C22H26N2O/c1-14(2)15-6-8-18(9-7-15)24-19-10-11-20(21(25)13-19)22(24)16-4-3-5-17(23)12-16/h3-9,12,14,19-20,22H,10-11,13,23H2,1-2H3. The number of nitrogens with two attached hydrogens (primary N) is 1. The van der Waals surface area contributed by atoms with Gasteiger partial charge in [0.1, 0.15) is 5.78 Å². The van der Waals surface area contributed by atoms with Gasteiger partial charge in [-0.15, -0.1) is 0 Å². The maximum atomic E-state index is 12.6. The molecule has 3 atom stereocenters. The highest BCUT2D eigenvalue weighted by molar-refractivity contribution is 5.86. The number of benzene rings is 2. The van der Waals surface area contributed by atoms with Crippen LogP contribution in [0.25, 0.3) is 0 Å². The fourth-order valence-electron chi connectivity index (χ4n) is 4.55. The third kappa shape index (κ3) is 2.82. The quantitative estimate of drug-likeness (QED) is 0.828. The Kier molecular flexibility index (Phi) is 4.03. The normalized spacial score (nSPS) is 25.6. The first-order valence-electron chi connectivity index (χ1n) is 9.31. The molecule has 2 heterocycles. The van der Waals surface area contributed by atoms with Crippen LogP contribution in [-0.4, -0.2) is 11.8 Å². The minimum absolute atomic E-state index is 0.0802. The average Bonchev–Trinajstić information content (AvgIpc) is 2.61. The van der Waals surface area contributed by atoms with E-state index in [-0.39, 0.29) is 12.0 Å². The summed E-state index contributed by atoms with van der Waals surface area (Å²) in [5.41, 5.74) is 10.5. The van der Waals surface area contributed by atoms with Crippen LogP contribution in [0.15, 0.2) is 48.5 Å². The van der Waals surface area contributed by atoms with Crippen molar-refractivity contribution >= 4 is 17.2 Å².